The summed E-state index contributed by atoms with van der Waals surface area (Å²) in [5.74, 6) is -3.60. The Bertz CT molecular complexity index is 415. The highest BCUT2D eigenvalue weighted by molar-refractivity contribution is 5.97. The largest absolute Gasteiger partial charge is 0.461 e. The van der Waals surface area contributed by atoms with Gasteiger partial charge in [-0.25, -0.2) is 4.79 Å². The number of hydrogen-bond acceptors (Lipinski definition) is 7. The van der Waals surface area contributed by atoms with E-state index in [0.29, 0.717) is 6.61 Å². The van der Waals surface area contributed by atoms with Crippen LogP contribution in [0.3, 0.4) is 0 Å². The summed E-state index contributed by atoms with van der Waals surface area (Å²) in [6.07, 6.45) is -1.80. The quantitative estimate of drug-likeness (QED) is 0.232. The summed E-state index contributed by atoms with van der Waals surface area (Å²) in [6.45, 7) is 8.33. The minimum Gasteiger partial charge on any atom is -0.461 e. The molecule has 7 nitrogen and oxygen atoms in total. The fourth-order valence-electron chi connectivity index (χ4n) is 1.60. The van der Waals surface area contributed by atoms with Gasteiger partial charge in [-0.1, -0.05) is 6.58 Å². The third-order valence-electron chi connectivity index (χ3n) is 2.56. The first-order valence-corrected chi connectivity index (χ1v) is 6.22. The van der Waals surface area contributed by atoms with Gasteiger partial charge in [0.2, 0.25) is 0 Å². The van der Waals surface area contributed by atoms with Gasteiger partial charge in [0.05, 0.1) is 0 Å². The van der Waals surface area contributed by atoms with E-state index in [2.05, 4.69) is 6.58 Å². The highest BCUT2D eigenvalue weighted by Crippen LogP contribution is 2.22. The second-order valence-electron chi connectivity index (χ2n) is 4.29. The van der Waals surface area contributed by atoms with Crippen LogP contribution in [0.4, 0.5) is 0 Å². The molecule has 0 aromatic heterocycles. The van der Waals surface area contributed by atoms with Crippen LogP contribution in [0.25, 0.3) is 0 Å². The van der Waals surface area contributed by atoms with E-state index in [-0.39, 0.29) is 12.2 Å². The van der Waals surface area contributed by atoms with Crippen LogP contribution >= 0.6 is 0 Å². The van der Waals surface area contributed by atoms with Gasteiger partial charge in [-0.2, -0.15) is 0 Å². The first kappa shape index (κ1) is 16.2. The predicted octanol–water partition coefficient (Wildman–Crippen LogP) is 0.573. The van der Waals surface area contributed by atoms with Gasteiger partial charge in [0.25, 0.3) is 0 Å². The fraction of sp³-hybridized carbons (Fsp3) is 0.615. The van der Waals surface area contributed by atoms with E-state index in [1.807, 2.05) is 0 Å². The minimum atomic E-state index is -1.29. The zero-order valence-corrected chi connectivity index (χ0v) is 11.7. The molecule has 1 heterocycles. The molecule has 1 aliphatic rings. The second-order valence-corrected chi connectivity index (χ2v) is 4.29. The van der Waals surface area contributed by atoms with E-state index in [9.17, 15) is 14.4 Å². The van der Waals surface area contributed by atoms with Gasteiger partial charge in [0.15, 0.2) is 18.3 Å². The number of ether oxygens (including phenoxy) is 4. The summed E-state index contributed by atoms with van der Waals surface area (Å²) in [7, 11) is 0. The Labute approximate surface area is 116 Å². The number of cyclic esters (lactones) is 1. The maximum Gasteiger partial charge on any atom is 0.333 e. The van der Waals surface area contributed by atoms with Crippen LogP contribution in [-0.4, -0.2) is 43.5 Å². The summed E-state index contributed by atoms with van der Waals surface area (Å²) in [6, 6.07) is 0. The second kappa shape index (κ2) is 7.04. The Hall–Kier alpha value is -1.89. The molecule has 1 rings (SSSR count). The average Bonchev–Trinajstić information content (AvgIpc) is 2.70. The number of hydrogen-bond donors (Lipinski definition) is 0. The molecule has 0 bridgehead atoms. The van der Waals surface area contributed by atoms with E-state index in [4.69, 9.17) is 18.9 Å². The van der Waals surface area contributed by atoms with E-state index in [1.54, 1.807) is 6.92 Å². The molecule has 0 N–H and O–H groups in total. The lowest BCUT2D eigenvalue weighted by Gasteiger charge is -2.18. The summed E-state index contributed by atoms with van der Waals surface area (Å²) in [5, 5.41) is 0. The monoisotopic (exact) mass is 286 g/mol. The zero-order valence-electron chi connectivity index (χ0n) is 11.7. The Morgan fingerprint density at radius 1 is 1.50 bits per heavy atom. The molecule has 7 heteroatoms. The molecule has 1 fully saturated rings. The molecule has 112 valence electrons. The Balaban J connectivity index is 2.68. The van der Waals surface area contributed by atoms with Crippen molar-refractivity contribution in [3.05, 3.63) is 12.2 Å². The number of esters is 3. The summed E-state index contributed by atoms with van der Waals surface area (Å²) in [5.41, 5.74) is 0.166. The van der Waals surface area contributed by atoms with Crippen molar-refractivity contribution >= 4 is 17.9 Å². The first-order valence-electron chi connectivity index (χ1n) is 6.22. The van der Waals surface area contributed by atoms with Crippen LogP contribution in [0.2, 0.25) is 0 Å². The van der Waals surface area contributed by atoms with Crippen LogP contribution in [0, 0.1) is 5.92 Å². The molecular formula is C13H18O7. The lowest BCUT2D eigenvalue weighted by molar-refractivity contribution is -0.183. The number of carbonyl (C=O) groups is 3. The van der Waals surface area contributed by atoms with E-state index >= 15 is 0 Å². The minimum absolute atomic E-state index is 0.166. The van der Waals surface area contributed by atoms with Crippen LogP contribution < -0.4 is 0 Å². The molecule has 1 saturated heterocycles. The molecule has 3 unspecified atom stereocenters. The van der Waals surface area contributed by atoms with Gasteiger partial charge in [0.1, 0.15) is 6.61 Å². The van der Waals surface area contributed by atoms with Crippen molar-refractivity contribution < 1.29 is 33.3 Å². The lowest BCUT2D eigenvalue weighted by atomic mass is 10.1. The van der Waals surface area contributed by atoms with Crippen molar-refractivity contribution in [2.24, 2.45) is 5.92 Å². The van der Waals surface area contributed by atoms with Crippen molar-refractivity contribution in [2.45, 2.75) is 33.2 Å². The fourth-order valence-corrected chi connectivity index (χ4v) is 1.60. The molecule has 0 radical (unpaired) electrons. The first-order chi connectivity index (χ1) is 9.36. The van der Waals surface area contributed by atoms with Crippen molar-refractivity contribution in [3.63, 3.8) is 0 Å². The molecule has 0 saturated carbocycles. The van der Waals surface area contributed by atoms with Gasteiger partial charge < -0.3 is 18.9 Å². The molecule has 0 aliphatic carbocycles. The normalized spacial score (nSPS) is 22.9. The van der Waals surface area contributed by atoms with Gasteiger partial charge in [0, 0.05) is 12.2 Å². The maximum absolute atomic E-state index is 11.9. The van der Waals surface area contributed by atoms with Gasteiger partial charge in [-0.05, 0) is 20.8 Å². The Kier molecular flexibility index (Phi) is 5.69. The highest BCUT2D eigenvalue weighted by Gasteiger charge is 2.46. The maximum atomic E-state index is 11.9. The zero-order chi connectivity index (χ0) is 15.3. The van der Waals surface area contributed by atoms with Crippen LogP contribution in [0.15, 0.2) is 12.2 Å². The van der Waals surface area contributed by atoms with Gasteiger partial charge in [-0.15, -0.1) is 0 Å². The molecule has 0 amide bonds. The topological polar surface area (TPSA) is 88.1 Å². The SMILES string of the molecule is C=C(C)C(=O)OC1COC(=O)C1C(=O)OC(C)OCC. The van der Waals surface area contributed by atoms with Crippen molar-refractivity contribution in [1.29, 1.82) is 0 Å². The van der Waals surface area contributed by atoms with E-state index < -0.39 is 36.2 Å². The molecule has 20 heavy (non-hydrogen) atoms. The molecule has 0 spiro atoms. The molecule has 1 aliphatic heterocycles. The van der Waals surface area contributed by atoms with Crippen molar-refractivity contribution in [1.82, 2.24) is 0 Å². The number of carbonyl (C=O) groups excluding carboxylic acids is 3. The standard InChI is InChI=1S/C13H18O7/c1-5-17-8(4)19-13(16)10-9(6-18-12(10)15)20-11(14)7(2)3/h8-10H,2,5-6H2,1,3-4H3. The Morgan fingerprint density at radius 3 is 2.70 bits per heavy atom. The number of rotatable bonds is 6. The van der Waals surface area contributed by atoms with Gasteiger partial charge >= 0.3 is 17.9 Å². The third-order valence-corrected chi connectivity index (χ3v) is 2.56. The summed E-state index contributed by atoms with van der Waals surface area (Å²) in [4.78, 5) is 34.9. The molecular weight excluding hydrogens is 268 g/mol. The third kappa shape index (κ3) is 4.06. The van der Waals surface area contributed by atoms with E-state index in [1.165, 1.54) is 13.8 Å². The van der Waals surface area contributed by atoms with Crippen LogP contribution in [0.1, 0.15) is 20.8 Å². The molecule has 3 atom stereocenters. The predicted molar refractivity (Wildman–Crippen MR) is 66.3 cm³/mol. The lowest BCUT2D eigenvalue weighted by Crippen LogP contribution is -2.36. The summed E-state index contributed by atoms with van der Waals surface area (Å²) < 4.78 is 19.7. The Morgan fingerprint density at radius 2 is 2.15 bits per heavy atom. The average molecular weight is 286 g/mol. The summed E-state index contributed by atoms with van der Waals surface area (Å²) >= 11 is 0. The highest BCUT2D eigenvalue weighted by atomic mass is 16.7. The smallest absolute Gasteiger partial charge is 0.333 e. The van der Waals surface area contributed by atoms with Crippen molar-refractivity contribution in [3.8, 4) is 0 Å². The molecule has 0 aromatic rings. The van der Waals surface area contributed by atoms with Crippen molar-refractivity contribution in [2.75, 3.05) is 13.2 Å². The van der Waals surface area contributed by atoms with E-state index in [0.717, 1.165) is 0 Å². The van der Waals surface area contributed by atoms with Crippen LogP contribution in [-0.2, 0) is 33.3 Å². The van der Waals surface area contributed by atoms with Gasteiger partial charge in [-0.3, -0.25) is 9.59 Å². The molecule has 0 aromatic carbocycles. The van der Waals surface area contributed by atoms with Crippen LogP contribution in [0.5, 0.6) is 0 Å².